The molecule has 0 fully saturated rings. The predicted octanol–water partition coefficient (Wildman–Crippen LogP) is 5.28. The molecule has 1 nitrogen and oxygen atoms in total. The molecule has 0 aromatic heterocycles. The van der Waals surface area contributed by atoms with Gasteiger partial charge in [0.25, 0.3) is 0 Å². The molecule has 2 aromatic carbocycles. The second kappa shape index (κ2) is 5.93. The van der Waals surface area contributed by atoms with Gasteiger partial charge in [0.2, 0.25) is 0 Å². The van der Waals surface area contributed by atoms with Crippen LogP contribution >= 0.6 is 27.5 Å². The molecular weight excluding hydrogens is 331 g/mol. The molecule has 2 rings (SSSR count). The van der Waals surface area contributed by atoms with Gasteiger partial charge in [-0.1, -0.05) is 51.8 Å². The summed E-state index contributed by atoms with van der Waals surface area (Å²) in [4.78, 5) is -0.152. The Morgan fingerprint density at radius 1 is 1.26 bits per heavy atom. The first-order chi connectivity index (χ1) is 9.04. The number of hydrogen-bond acceptors (Lipinski definition) is 1. The zero-order chi connectivity index (χ0) is 14.0. The molecule has 0 heterocycles. The van der Waals surface area contributed by atoms with Crippen molar-refractivity contribution in [3.8, 4) is 5.75 Å². The Labute approximate surface area is 125 Å². The van der Waals surface area contributed by atoms with Gasteiger partial charge in [-0.05, 0) is 35.7 Å². The molecule has 1 atom stereocenters. The Morgan fingerprint density at radius 2 is 2.00 bits per heavy atom. The molecule has 19 heavy (non-hydrogen) atoms. The molecule has 4 heteroatoms. The fourth-order valence-electron chi connectivity index (χ4n) is 1.89. The number of alkyl halides is 1. The molecule has 0 saturated carbocycles. The molecule has 2 aromatic rings. The Hall–Kier alpha value is -1.06. The van der Waals surface area contributed by atoms with Crippen molar-refractivity contribution >= 4 is 27.5 Å². The van der Waals surface area contributed by atoms with Crippen LogP contribution in [0.25, 0.3) is 0 Å². The molecular formula is C15H13BrClFO. The third-order valence-corrected chi connectivity index (χ3v) is 4.50. The third-order valence-electron chi connectivity index (χ3n) is 2.96. The van der Waals surface area contributed by atoms with Crippen molar-refractivity contribution < 1.29 is 9.13 Å². The van der Waals surface area contributed by atoms with E-state index in [1.807, 2.05) is 31.2 Å². The minimum atomic E-state index is -0.381. The normalized spacial score (nSPS) is 12.3. The number of aryl methyl sites for hydroxylation is 1. The summed E-state index contributed by atoms with van der Waals surface area (Å²) in [6, 6.07) is 10.7. The quantitative estimate of drug-likeness (QED) is 0.689. The largest absolute Gasteiger partial charge is 0.494 e. The van der Waals surface area contributed by atoms with Gasteiger partial charge in [-0.25, -0.2) is 4.39 Å². The van der Waals surface area contributed by atoms with Crippen LogP contribution in [-0.4, -0.2) is 7.11 Å². The van der Waals surface area contributed by atoms with Gasteiger partial charge in [-0.3, -0.25) is 0 Å². The monoisotopic (exact) mass is 342 g/mol. The summed E-state index contributed by atoms with van der Waals surface area (Å²) in [5, 5.41) is 0.695. The number of hydrogen-bond donors (Lipinski definition) is 0. The van der Waals surface area contributed by atoms with Gasteiger partial charge in [-0.15, -0.1) is 0 Å². The smallest absolute Gasteiger partial charge is 0.165 e. The van der Waals surface area contributed by atoms with E-state index in [9.17, 15) is 4.39 Å². The SMILES string of the molecule is COc1ccc(C(Br)c2cccc(C)c2Cl)cc1F. The van der Waals surface area contributed by atoms with Crippen molar-refractivity contribution in [3.63, 3.8) is 0 Å². The van der Waals surface area contributed by atoms with E-state index in [1.54, 1.807) is 6.07 Å². The molecule has 0 aliphatic rings. The highest BCUT2D eigenvalue weighted by Crippen LogP contribution is 2.37. The highest BCUT2D eigenvalue weighted by atomic mass is 79.9. The average Bonchev–Trinajstić information content (AvgIpc) is 2.41. The van der Waals surface area contributed by atoms with E-state index in [1.165, 1.54) is 13.2 Å². The van der Waals surface area contributed by atoms with Gasteiger partial charge in [0.1, 0.15) is 0 Å². The second-order valence-corrected chi connectivity index (χ2v) is 5.53. The minimum absolute atomic E-state index is 0.152. The topological polar surface area (TPSA) is 9.23 Å². The average molecular weight is 344 g/mol. The molecule has 0 saturated heterocycles. The van der Waals surface area contributed by atoms with Crippen LogP contribution in [0, 0.1) is 12.7 Å². The maximum Gasteiger partial charge on any atom is 0.165 e. The number of methoxy groups -OCH3 is 1. The standard InChI is InChI=1S/C15H13BrClFO/c1-9-4-3-5-11(15(9)17)14(16)10-6-7-13(19-2)12(18)8-10/h3-8,14H,1-2H3. The number of rotatable bonds is 3. The zero-order valence-electron chi connectivity index (χ0n) is 10.6. The maximum absolute atomic E-state index is 13.7. The maximum atomic E-state index is 13.7. The summed E-state index contributed by atoms with van der Waals surface area (Å²) in [6.07, 6.45) is 0. The summed E-state index contributed by atoms with van der Waals surface area (Å²) in [5.41, 5.74) is 2.72. The summed E-state index contributed by atoms with van der Waals surface area (Å²) < 4.78 is 18.6. The number of benzene rings is 2. The molecule has 0 bridgehead atoms. The van der Waals surface area contributed by atoms with Crippen LogP contribution in [-0.2, 0) is 0 Å². The molecule has 0 amide bonds. The molecule has 0 aliphatic carbocycles. The van der Waals surface area contributed by atoms with Crippen LogP contribution < -0.4 is 4.74 Å². The lowest BCUT2D eigenvalue weighted by molar-refractivity contribution is 0.386. The van der Waals surface area contributed by atoms with Crippen molar-refractivity contribution in [2.45, 2.75) is 11.8 Å². The molecule has 0 aliphatic heterocycles. The lowest BCUT2D eigenvalue weighted by atomic mass is 10.0. The van der Waals surface area contributed by atoms with Gasteiger partial charge >= 0.3 is 0 Å². The molecule has 1 unspecified atom stereocenters. The van der Waals surface area contributed by atoms with Crippen molar-refractivity contribution in [1.29, 1.82) is 0 Å². The Balaban J connectivity index is 2.41. The summed E-state index contributed by atoms with van der Waals surface area (Å²) in [6.45, 7) is 1.94. The highest BCUT2D eigenvalue weighted by molar-refractivity contribution is 9.09. The van der Waals surface area contributed by atoms with Gasteiger partial charge < -0.3 is 4.74 Å². The highest BCUT2D eigenvalue weighted by Gasteiger charge is 2.16. The van der Waals surface area contributed by atoms with Crippen molar-refractivity contribution in [1.82, 2.24) is 0 Å². The number of ether oxygens (including phenoxy) is 1. The van der Waals surface area contributed by atoms with Crippen molar-refractivity contribution in [3.05, 3.63) is 63.9 Å². The summed E-state index contributed by atoms with van der Waals surface area (Å²) in [5.74, 6) is -0.146. The molecule has 100 valence electrons. The van der Waals surface area contributed by atoms with Crippen LogP contribution in [0.15, 0.2) is 36.4 Å². The van der Waals surface area contributed by atoms with E-state index in [-0.39, 0.29) is 16.4 Å². The van der Waals surface area contributed by atoms with Gasteiger partial charge in [-0.2, -0.15) is 0 Å². The van der Waals surface area contributed by atoms with Crippen LogP contribution in [0.2, 0.25) is 5.02 Å². The first-order valence-corrected chi connectivity index (χ1v) is 7.06. The fourth-order valence-corrected chi connectivity index (χ4v) is 2.92. The Kier molecular flexibility index (Phi) is 4.48. The van der Waals surface area contributed by atoms with E-state index < -0.39 is 0 Å². The van der Waals surface area contributed by atoms with Gasteiger partial charge in [0.15, 0.2) is 11.6 Å². The first kappa shape index (κ1) is 14.4. The Morgan fingerprint density at radius 3 is 2.63 bits per heavy atom. The minimum Gasteiger partial charge on any atom is -0.494 e. The second-order valence-electron chi connectivity index (χ2n) is 4.23. The fraction of sp³-hybridized carbons (Fsp3) is 0.200. The van der Waals surface area contributed by atoms with E-state index in [0.29, 0.717) is 5.02 Å². The predicted molar refractivity (Wildman–Crippen MR) is 79.9 cm³/mol. The van der Waals surface area contributed by atoms with E-state index in [2.05, 4.69) is 15.9 Å². The van der Waals surface area contributed by atoms with Crippen molar-refractivity contribution in [2.75, 3.05) is 7.11 Å². The van der Waals surface area contributed by atoms with E-state index in [4.69, 9.17) is 16.3 Å². The van der Waals surface area contributed by atoms with Crippen LogP contribution in [0.5, 0.6) is 5.75 Å². The van der Waals surface area contributed by atoms with E-state index >= 15 is 0 Å². The lowest BCUT2D eigenvalue weighted by Crippen LogP contribution is -1.97. The van der Waals surface area contributed by atoms with E-state index in [0.717, 1.165) is 16.7 Å². The van der Waals surface area contributed by atoms with Crippen LogP contribution in [0.1, 0.15) is 21.5 Å². The van der Waals surface area contributed by atoms with Gasteiger partial charge in [0.05, 0.1) is 11.9 Å². The summed E-state index contributed by atoms with van der Waals surface area (Å²) in [7, 11) is 1.45. The number of halogens is 3. The van der Waals surface area contributed by atoms with Crippen LogP contribution in [0.4, 0.5) is 4.39 Å². The van der Waals surface area contributed by atoms with Crippen molar-refractivity contribution in [2.24, 2.45) is 0 Å². The van der Waals surface area contributed by atoms with Crippen LogP contribution in [0.3, 0.4) is 0 Å². The zero-order valence-corrected chi connectivity index (χ0v) is 12.9. The molecule has 0 radical (unpaired) electrons. The Bertz CT molecular complexity index is 601. The molecule has 0 N–H and O–H groups in total. The summed E-state index contributed by atoms with van der Waals surface area (Å²) >= 11 is 9.86. The molecule has 0 spiro atoms. The first-order valence-electron chi connectivity index (χ1n) is 5.77. The lowest BCUT2D eigenvalue weighted by Gasteiger charge is -2.14. The van der Waals surface area contributed by atoms with Gasteiger partial charge in [0, 0.05) is 5.02 Å². The third kappa shape index (κ3) is 2.93.